The quantitative estimate of drug-likeness (QED) is 0.736. The predicted octanol–water partition coefficient (Wildman–Crippen LogP) is 2.22. The van der Waals surface area contributed by atoms with Gasteiger partial charge >= 0.3 is 0 Å². The number of benzene rings is 1. The van der Waals surface area contributed by atoms with E-state index in [0.717, 1.165) is 23.2 Å². The molecular weight excluding hydrogens is 386 g/mol. The van der Waals surface area contributed by atoms with E-state index in [1.54, 1.807) is 23.1 Å². The van der Waals surface area contributed by atoms with Crippen molar-refractivity contribution in [1.29, 1.82) is 0 Å². The van der Waals surface area contributed by atoms with Crippen LogP contribution in [-0.2, 0) is 21.2 Å². The van der Waals surface area contributed by atoms with E-state index in [4.69, 9.17) is 0 Å². The third-order valence-corrected chi connectivity index (χ3v) is 5.98. The van der Waals surface area contributed by atoms with Crippen LogP contribution < -0.4 is 14.9 Å². The van der Waals surface area contributed by atoms with E-state index in [-0.39, 0.29) is 11.8 Å². The number of carbonyl (C=O) groups is 2. The van der Waals surface area contributed by atoms with E-state index in [9.17, 15) is 18.0 Å². The van der Waals surface area contributed by atoms with Gasteiger partial charge < -0.3 is 10.2 Å². The first kappa shape index (κ1) is 19.5. The Morgan fingerprint density at radius 1 is 1.26 bits per heavy atom. The molecule has 1 aromatic heterocycles. The van der Waals surface area contributed by atoms with Crippen molar-refractivity contribution in [2.24, 2.45) is 0 Å². The van der Waals surface area contributed by atoms with Gasteiger partial charge in [0.2, 0.25) is 15.9 Å². The summed E-state index contributed by atoms with van der Waals surface area (Å²) in [4.78, 5) is 27.5. The molecule has 1 aromatic carbocycles. The molecule has 2 N–H and O–H groups in total. The van der Waals surface area contributed by atoms with Crippen molar-refractivity contribution in [3.63, 3.8) is 0 Å². The van der Waals surface area contributed by atoms with Crippen molar-refractivity contribution in [3.8, 4) is 0 Å². The number of hydrogen-bond acceptors (Lipinski definition) is 5. The molecule has 1 aliphatic rings. The Bertz CT molecular complexity index is 953. The van der Waals surface area contributed by atoms with Crippen LogP contribution in [0, 0.1) is 0 Å². The van der Waals surface area contributed by atoms with Crippen molar-refractivity contribution >= 4 is 44.5 Å². The predicted molar refractivity (Wildman–Crippen MR) is 107 cm³/mol. The fourth-order valence-electron chi connectivity index (χ4n) is 2.86. The van der Waals surface area contributed by atoms with Crippen LogP contribution in [0.1, 0.15) is 27.4 Å². The molecule has 9 heteroatoms. The lowest BCUT2D eigenvalue weighted by molar-refractivity contribution is -0.117. The molecule has 0 spiro atoms. The van der Waals surface area contributed by atoms with Crippen molar-refractivity contribution in [1.82, 2.24) is 4.72 Å². The summed E-state index contributed by atoms with van der Waals surface area (Å²) < 4.78 is 24.6. The SMILES string of the molecule is CS(=O)(=O)NCCc1ccc(C(=O)Nc2cccc(N3CCCC3=O)c2)s1. The van der Waals surface area contributed by atoms with E-state index >= 15 is 0 Å². The second kappa shape index (κ2) is 8.20. The molecule has 0 unspecified atom stereocenters. The Morgan fingerprint density at radius 3 is 2.78 bits per heavy atom. The van der Waals surface area contributed by atoms with Crippen molar-refractivity contribution < 1.29 is 18.0 Å². The summed E-state index contributed by atoms with van der Waals surface area (Å²) in [5.41, 5.74) is 1.42. The lowest BCUT2D eigenvalue weighted by Crippen LogP contribution is -2.24. The Kier molecular flexibility index (Phi) is 5.93. The molecule has 2 amide bonds. The van der Waals surface area contributed by atoms with E-state index < -0.39 is 10.0 Å². The number of nitrogens with one attached hydrogen (secondary N) is 2. The number of thiophene rings is 1. The summed E-state index contributed by atoms with van der Waals surface area (Å²) in [6.45, 7) is 0.998. The summed E-state index contributed by atoms with van der Waals surface area (Å²) in [5, 5.41) is 2.85. The van der Waals surface area contributed by atoms with E-state index in [1.165, 1.54) is 11.3 Å². The maximum atomic E-state index is 12.5. The van der Waals surface area contributed by atoms with Gasteiger partial charge in [-0.15, -0.1) is 11.3 Å². The average Bonchev–Trinajstić information content (AvgIpc) is 3.23. The number of sulfonamides is 1. The second-order valence-electron chi connectivity index (χ2n) is 6.34. The Hall–Kier alpha value is -2.23. The molecule has 7 nitrogen and oxygen atoms in total. The molecule has 27 heavy (non-hydrogen) atoms. The van der Waals surface area contributed by atoms with Crippen molar-refractivity contribution in [2.45, 2.75) is 19.3 Å². The van der Waals surface area contributed by atoms with Gasteiger partial charge in [-0.3, -0.25) is 9.59 Å². The Morgan fingerprint density at radius 2 is 2.07 bits per heavy atom. The highest BCUT2D eigenvalue weighted by atomic mass is 32.2. The molecule has 0 radical (unpaired) electrons. The molecule has 2 aromatic rings. The highest BCUT2D eigenvalue weighted by Crippen LogP contribution is 2.25. The van der Waals surface area contributed by atoms with Crippen molar-refractivity contribution in [3.05, 3.63) is 46.2 Å². The van der Waals surface area contributed by atoms with E-state index in [0.29, 0.717) is 36.5 Å². The van der Waals surface area contributed by atoms with E-state index in [2.05, 4.69) is 10.0 Å². The third kappa shape index (κ3) is 5.38. The first-order chi connectivity index (χ1) is 12.8. The fraction of sp³-hybridized carbons (Fsp3) is 0.333. The molecule has 1 aliphatic heterocycles. The minimum atomic E-state index is -3.21. The number of anilines is 2. The van der Waals surface area contributed by atoms with Gasteiger partial charge in [0.25, 0.3) is 5.91 Å². The van der Waals surface area contributed by atoms with Crippen LogP contribution in [0.2, 0.25) is 0 Å². The smallest absolute Gasteiger partial charge is 0.265 e. The van der Waals surface area contributed by atoms with Gasteiger partial charge in [-0.05, 0) is 43.2 Å². The molecule has 144 valence electrons. The highest BCUT2D eigenvalue weighted by molar-refractivity contribution is 7.88. The van der Waals surface area contributed by atoms with Gasteiger partial charge in [0.1, 0.15) is 0 Å². The number of hydrogen-bond donors (Lipinski definition) is 2. The summed E-state index contributed by atoms with van der Waals surface area (Å²) in [7, 11) is -3.21. The van der Waals surface area contributed by atoms with Gasteiger partial charge in [-0.25, -0.2) is 13.1 Å². The standard InChI is InChI=1S/C18H21N3O4S2/c1-27(24,25)19-10-9-15-7-8-16(26-15)18(23)20-13-4-2-5-14(12-13)21-11-3-6-17(21)22/h2,4-5,7-8,12,19H,3,6,9-11H2,1H3,(H,20,23). The van der Waals surface area contributed by atoms with Gasteiger partial charge in [0.15, 0.2) is 0 Å². The van der Waals surface area contributed by atoms with Gasteiger partial charge in [0.05, 0.1) is 11.1 Å². The molecule has 2 heterocycles. The van der Waals surface area contributed by atoms with Crippen LogP contribution in [0.5, 0.6) is 0 Å². The summed E-state index contributed by atoms with van der Waals surface area (Å²) in [6.07, 6.45) is 3.05. The first-order valence-electron chi connectivity index (χ1n) is 8.57. The normalized spacial score (nSPS) is 14.6. The van der Waals surface area contributed by atoms with Gasteiger partial charge in [-0.1, -0.05) is 6.07 Å². The summed E-state index contributed by atoms with van der Waals surface area (Å²) in [5.74, 6) is -0.128. The van der Waals surface area contributed by atoms with Crippen LogP contribution in [0.3, 0.4) is 0 Å². The molecular formula is C18H21N3O4S2. The minimum absolute atomic E-state index is 0.101. The molecule has 0 atom stereocenters. The summed E-state index contributed by atoms with van der Waals surface area (Å²) in [6, 6.07) is 10.8. The number of nitrogens with zero attached hydrogens (tertiary/aromatic N) is 1. The summed E-state index contributed by atoms with van der Waals surface area (Å²) >= 11 is 1.33. The van der Waals surface area contributed by atoms with Crippen LogP contribution >= 0.6 is 11.3 Å². The zero-order valence-electron chi connectivity index (χ0n) is 14.9. The van der Waals surface area contributed by atoms with Crippen LogP contribution in [0.4, 0.5) is 11.4 Å². The number of rotatable bonds is 7. The van der Waals surface area contributed by atoms with Crippen LogP contribution in [0.15, 0.2) is 36.4 Å². The molecule has 0 aliphatic carbocycles. The minimum Gasteiger partial charge on any atom is -0.321 e. The number of amides is 2. The number of carbonyl (C=O) groups excluding carboxylic acids is 2. The molecule has 0 bridgehead atoms. The maximum absolute atomic E-state index is 12.5. The first-order valence-corrected chi connectivity index (χ1v) is 11.3. The Labute approximate surface area is 162 Å². The van der Waals surface area contributed by atoms with Crippen LogP contribution in [0.25, 0.3) is 0 Å². The average molecular weight is 408 g/mol. The Balaban J connectivity index is 1.61. The zero-order valence-corrected chi connectivity index (χ0v) is 16.5. The van der Waals surface area contributed by atoms with E-state index in [1.807, 2.05) is 18.2 Å². The lowest BCUT2D eigenvalue weighted by Gasteiger charge is -2.16. The van der Waals surface area contributed by atoms with Crippen molar-refractivity contribution in [2.75, 3.05) is 29.6 Å². The molecule has 1 saturated heterocycles. The highest BCUT2D eigenvalue weighted by Gasteiger charge is 2.22. The monoisotopic (exact) mass is 407 g/mol. The topological polar surface area (TPSA) is 95.6 Å². The van der Waals surface area contributed by atoms with Crippen LogP contribution in [-0.4, -0.2) is 39.6 Å². The fourth-order valence-corrected chi connectivity index (χ4v) is 4.23. The zero-order chi connectivity index (χ0) is 19.4. The lowest BCUT2D eigenvalue weighted by atomic mass is 10.2. The van der Waals surface area contributed by atoms with Gasteiger partial charge in [0, 0.05) is 35.8 Å². The third-order valence-electron chi connectivity index (χ3n) is 4.11. The van der Waals surface area contributed by atoms with Gasteiger partial charge in [-0.2, -0.15) is 0 Å². The second-order valence-corrected chi connectivity index (χ2v) is 9.34. The maximum Gasteiger partial charge on any atom is 0.265 e. The molecule has 1 fully saturated rings. The largest absolute Gasteiger partial charge is 0.321 e. The molecule has 0 saturated carbocycles. The molecule has 3 rings (SSSR count).